The molecule has 23 heavy (non-hydrogen) atoms. The fourth-order valence-corrected chi connectivity index (χ4v) is 2.72. The Morgan fingerprint density at radius 1 is 1.22 bits per heavy atom. The van der Waals surface area contributed by atoms with Crippen molar-refractivity contribution in [3.63, 3.8) is 0 Å². The summed E-state index contributed by atoms with van der Waals surface area (Å²) in [6.07, 6.45) is 1.83. The van der Waals surface area contributed by atoms with E-state index in [2.05, 4.69) is 37.4 Å². The molecule has 5 heteroatoms. The standard InChI is InChI=1S/C18H16BrN3O/c1-2-11-22-16-6-4-3-5-15(16)21-17(22)12-20-18(23)13-7-9-14(19)10-8-13/h2-10H,1,11-12H2,(H,20,23). The van der Waals surface area contributed by atoms with Gasteiger partial charge in [0.2, 0.25) is 0 Å². The average Bonchev–Trinajstić information content (AvgIpc) is 2.92. The minimum atomic E-state index is -0.116. The molecule has 0 bridgehead atoms. The lowest BCUT2D eigenvalue weighted by Gasteiger charge is -2.08. The summed E-state index contributed by atoms with van der Waals surface area (Å²) in [7, 11) is 0. The maximum absolute atomic E-state index is 12.2. The summed E-state index contributed by atoms with van der Waals surface area (Å²) in [5, 5.41) is 2.92. The largest absolute Gasteiger partial charge is 0.345 e. The molecule has 0 atom stereocenters. The maximum atomic E-state index is 12.2. The SMILES string of the molecule is C=CCn1c(CNC(=O)c2ccc(Br)cc2)nc2ccccc21. The van der Waals surface area contributed by atoms with Gasteiger partial charge in [0.25, 0.3) is 5.91 Å². The van der Waals surface area contributed by atoms with E-state index in [-0.39, 0.29) is 5.91 Å². The molecular formula is C18H16BrN3O. The Hall–Kier alpha value is -2.40. The lowest BCUT2D eigenvalue weighted by atomic mass is 10.2. The van der Waals surface area contributed by atoms with Crippen LogP contribution in [0.15, 0.2) is 65.7 Å². The number of carbonyl (C=O) groups is 1. The molecule has 0 radical (unpaired) electrons. The van der Waals surface area contributed by atoms with Gasteiger partial charge in [0, 0.05) is 16.6 Å². The van der Waals surface area contributed by atoms with Gasteiger partial charge >= 0.3 is 0 Å². The minimum absolute atomic E-state index is 0.116. The first-order valence-electron chi connectivity index (χ1n) is 7.28. The number of hydrogen-bond acceptors (Lipinski definition) is 2. The molecule has 116 valence electrons. The molecule has 1 amide bonds. The zero-order chi connectivity index (χ0) is 16.2. The third-order valence-electron chi connectivity index (χ3n) is 3.56. The number of imidazole rings is 1. The fourth-order valence-electron chi connectivity index (χ4n) is 2.46. The van der Waals surface area contributed by atoms with Gasteiger partial charge in [-0.3, -0.25) is 4.79 Å². The van der Waals surface area contributed by atoms with Crippen LogP contribution in [0.25, 0.3) is 11.0 Å². The molecule has 0 saturated heterocycles. The van der Waals surface area contributed by atoms with Crippen LogP contribution in [0.2, 0.25) is 0 Å². The average molecular weight is 370 g/mol. The van der Waals surface area contributed by atoms with Crippen molar-refractivity contribution in [2.75, 3.05) is 0 Å². The number of aromatic nitrogens is 2. The number of carbonyl (C=O) groups excluding carboxylic acids is 1. The highest BCUT2D eigenvalue weighted by atomic mass is 79.9. The van der Waals surface area contributed by atoms with Crippen molar-refractivity contribution in [2.24, 2.45) is 0 Å². The molecule has 3 rings (SSSR count). The van der Waals surface area contributed by atoms with E-state index in [1.54, 1.807) is 12.1 Å². The third kappa shape index (κ3) is 3.35. The van der Waals surface area contributed by atoms with Gasteiger partial charge in [0.15, 0.2) is 0 Å². The fraction of sp³-hybridized carbons (Fsp3) is 0.111. The van der Waals surface area contributed by atoms with Gasteiger partial charge in [-0.25, -0.2) is 4.98 Å². The summed E-state index contributed by atoms with van der Waals surface area (Å²) in [5.41, 5.74) is 2.59. The van der Waals surface area contributed by atoms with Crippen LogP contribution in [0.5, 0.6) is 0 Å². The van der Waals surface area contributed by atoms with Crippen molar-refractivity contribution in [2.45, 2.75) is 13.1 Å². The van der Waals surface area contributed by atoms with E-state index in [0.29, 0.717) is 18.7 Å². The van der Waals surface area contributed by atoms with Crippen LogP contribution in [0.4, 0.5) is 0 Å². The van der Waals surface area contributed by atoms with Crippen LogP contribution in [0, 0.1) is 0 Å². The lowest BCUT2D eigenvalue weighted by molar-refractivity contribution is 0.0949. The first-order chi connectivity index (χ1) is 11.2. The Labute approximate surface area is 143 Å². The molecule has 3 aromatic rings. The molecular weight excluding hydrogens is 354 g/mol. The second-order valence-corrected chi connectivity index (χ2v) is 6.02. The van der Waals surface area contributed by atoms with Crippen molar-refractivity contribution in [1.29, 1.82) is 0 Å². The predicted octanol–water partition coefficient (Wildman–Crippen LogP) is 3.91. The van der Waals surface area contributed by atoms with E-state index in [9.17, 15) is 4.79 Å². The minimum Gasteiger partial charge on any atom is -0.345 e. The quantitative estimate of drug-likeness (QED) is 0.692. The monoisotopic (exact) mass is 369 g/mol. The molecule has 0 unspecified atom stereocenters. The summed E-state index contributed by atoms with van der Waals surface area (Å²) < 4.78 is 3.01. The number of para-hydroxylation sites is 2. The van der Waals surface area contributed by atoms with E-state index >= 15 is 0 Å². The Kier molecular flexibility index (Phi) is 4.57. The summed E-state index contributed by atoms with van der Waals surface area (Å²) in [6, 6.07) is 15.2. The Balaban J connectivity index is 1.81. The van der Waals surface area contributed by atoms with Gasteiger partial charge in [-0.2, -0.15) is 0 Å². The first kappa shape index (κ1) is 15.5. The molecule has 0 aliphatic carbocycles. The van der Waals surface area contributed by atoms with Crippen LogP contribution in [-0.2, 0) is 13.1 Å². The van der Waals surface area contributed by atoms with Crippen molar-refractivity contribution >= 4 is 32.9 Å². The number of nitrogens with zero attached hydrogens (tertiary/aromatic N) is 2. The van der Waals surface area contributed by atoms with E-state index in [1.165, 1.54) is 0 Å². The van der Waals surface area contributed by atoms with Crippen LogP contribution in [-0.4, -0.2) is 15.5 Å². The van der Waals surface area contributed by atoms with Crippen molar-refractivity contribution in [1.82, 2.24) is 14.9 Å². The summed E-state index contributed by atoms with van der Waals surface area (Å²) in [5.74, 6) is 0.700. The van der Waals surface area contributed by atoms with Crippen molar-refractivity contribution in [3.05, 3.63) is 77.0 Å². The molecule has 1 heterocycles. The highest BCUT2D eigenvalue weighted by Gasteiger charge is 2.11. The summed E-state index contributed by atoms with van der Waals surface area (Å²) >= 11 is 3.36. The highest BCUT2D eigenvalue weighted by Crippen LogP contribution is 2.16. The summed E-state index contributed by atoms with van der Waals surface area (Å²) in [4.78, 5) is 16.8. The number of halogens is 1. The number of allylic oxidation sites excluding steroid dienone is 1. The van der Waals surface area contributed by atoms with E-state index in [1.807, 2.05) is 42.5 Å². The van der Waals surface area contributed by atoms with E-state index < -0.39 is 0 Å². The zero-order valence-electron chi connectivity index (χ0n) is 12.5. The summed E-state index contributed by atoms with van der Waals surface area (Å²) in [6.45, 7) is 4.82. The predicted molar refractivity (Wildman–Crippen MR) is 95.2 cm³/mol. The van der Waals surface area contributed by atoms with Crippen LogP contribution in [0.3, 0.4) is 0 Å². The van der Waals surface area contributed by atoms with Gasteiger partial charge in [-0.15, -0.1) is 6.58 Å². The first-order valence-corrected chi connectivity index (χ1v) is 8.07. The van der Waals surface area contributed by atoms with Gasteiger partial charge in [-0.05, 0) is 36.4 Å². The number of rotatable bonds is 5. The number of benzene rings is 2. The Morgan fingerprint density at radius 2 is 1.96 bits per heavy atom. The van der Waals surface area contributed by atoms with Crippen LogP contribution < -0.4 is 5.32 Å². The molecule has 1 aromatic heterocycles. The normalized spacial score (nSPS) is 10.7. The second-order valence-electron chi connectivity index (χ2n) is 5.11. The smallest absolute Gasteiger partial charge is 0.251 e. The number of hydrogen-bond donors (Lipinski definition) is 1. The maximum Gasteiger partial charge on any atom is 0.251 e. The number of fused-ring (bicyclic) bond motifs is 1. The molecule has 2 aromatic carbocycles. The molecule has 0 aliphatic heterocycles. The van der Waals surface area contributed by atoms with E-state index in [0.717, 1.165) is 21.3 Å². The Morgan fingerprint density at radius 3 is 2.70 bits per heavy atom. The molecule has 0 fully saturated rings. The van der Waals surface area contributed by atoms with Gasteiger partial charge in [-0.1, -0.05) is 34.1 Å². The lowest BCUT2D eigenvalue weighted by Crippen LogP contribution is -2.24. The molecule has 4 nitrogen and oxygen atoms in total. The zero-order valence-corrected chi connectivity index (χ0v) is 14.1. The van der Waals surface area contributed by atoms with Crippen LogP contribution >= 0.6 is 15.9 Å². The molecule has 0 saturated carbocycles. The van der Waals surface area contributed by atoms with Gasteiger partial charge in [0.1, 0.15) is 5.82 Å². The Bertz CT molecular complexity index is 852. The second kappa shape index (κ2) is 6.79. The topological polar surface area (TPSA) is 46.9 Å². The van der Waals surface area contributed by atoms with Crippen molar-refractivity contribution < 1.29 is 4.79 Å². The molecule has 0 aliphatic rings. The van der Waals surface area contributed by atoms with Gasteiger partial charge in [0.05, 0.1) is 17.6 Å². The highest BCUT2D eigenvalue weighted by molar-refractivity contribution is 9.10. The molecule has 0 spiro atoms. The van der Waals surface area contributed by atoms with Crippen molar-refractivity contribution in [3.8, 4) is 0 Å². The number of amides is 1. The molecule has 1 N–H and O–H groups in total. The number of nitrogens with one attached hydrogen (secondary N) is 1. The van der Waals surface area contributed by atoms with E-state index in [4.69, 9.17) is 0 Å². The third-order valence-corrected chi connectivity index (χ3v) is 4.09. The van der Waals surface area contributed by atoms with Gasteiger partial charge < -0.3 is 9.88 Å². The van der Waals surface area contributed by atoms with Crippen LogP contribution in [0.1, 0.15) is 16.2 Å².